The molecule has 0 amide bonds. The molecule has 6 unspecified atom stereocenters. The fourth-order valence-corrected chi connectivity index (χ4v) is 5.00. The van der Waals surface area contributed by atoms with E-state index in [4.69, 9.17) is 14.2 Å². The number of hydrogen-bond acceptors (Lipinski definition) is 7. The van der Waals surface area contributed by atoms with Crippen molar-refractivity contribution in [3.8, 4) is 0 Å². The number of carbonyl (C=O) groups excluding carboxylic acids is 3. The van der Waals surface area contributed by atoms with E-state index in [1.54, 1.807) is 27.7 Å². The highest BCUT2D eigenvalue weighted by atomic mass is 16.6. The number of esters is 3. The van der Waals surface area contributed by atoms with Crippen LogP contribution in [0.4, 0.5) is 0 Å². The molecule has 2 saturated carbocycles. The van der Waals surface area contributed by atoms with Crippen LogP contribution in [0.2, 0.25) is 0 Å². The van der Waals surface area contributed by atoms with Crippen molar-refractivity contribution >= 4 is 17.9 Å². The molecule has 1 heterocycles. The van der Waals surface area contributed by atoms with E-state index in [1.807, 2.05) is 6.92 Å². The van der Waals surface area contributed by atoms with Gasteiger partial charge in [-0.3, -0.25) is 9.59 Å². The summed E-state index contributed by atoms with van der Waals surface area (Å²) in [4.78, 5) is 36.8. The number of cyclic esters (lactones) is 1. The predicted octanol–water partition coefficient (Wildman–Crippen LogP) is 2.52. The fraction of sp³-hybridized carbons (Fsp3) is 0.857. The maximum absolute atomic E-state index is 12.6. The van der Waals surface area contributed by atoms with Crippen LogP contribution in [0.3, 0.4) is 0 Å². The molecule has 1 N–H and O–H groups in total. The van der Waals surface area contributed by atoms with Crippen LogP contribution in [-0.4, -0.2) is 45.9 Å². The standard InChI is InChI=1S/C21H32O7/c1-12(16(22)26-15-10-19(3,4)27-18(15)24)8-13(2)17(23)28-21-7-6-14(9-21)20(5,25)11-21/h12-15,25H,6-11H2,1-5H3. The molecule has 6 atom stereocenters. The molecule has 3 aliphatic rings. The van der Waals surface area contributed by atoms with E-state index >= 15 is 0 Å². The number of rotatable bonds is 6. The van der Waals surface area contributed by atoms with Crippen LogP contribution in [0.5, 0.6) is 0 Å². The molecular weight excluding hydrogens is 364 g/mol. The number of ether oxygens (including phenoxy) is 3. The third-order valence-electron chi connectivity index (χ3n) is 6.53. The monoisotopic (exact) mass is 396 g/mol. The van der Waals surface area contributed by atoms with Crippen LogP contribution in [0.1, 0.15) is 73.1 Å². The van der Waals surface area contributed by atoms with Gasteiger partial charge in [-0.25, -0.2) is 4.79 Å². The summed E-state index contributed by atoms with van der Waals surface area (Å²) in [5.41, 5.74) is -1.98. The molecule has 7 nitrogen and oxygen atoms in total. The average Bonchev–Trinajstić information content (AvgIpc) is 3.14. The van der Waals surface area contributed by atoms with Crippen molar-refractivity contribution in [3.63, 3.8) is 0 Å². The quantitative estimate of drug-likeness (QED) is 0.544. The Labute approximate surface area is 166 Å². The average molecular weight is 396 g/mol. The van der Waals surface area contributed by atoms with Gasteiger partial charge in [-0.15, -0.1) is 0 Å². The summed E-state index contributed by atoms with van der Waals surface area (Å²) in [6.07, 6.45) is 2.54. The van der Waals surface area contributed by atoms with E-state index in [0.717, 1.165) is 12.8 Å². The molecular formula is C21H32O7. The molecule has 0 radical (unpaired) electrons. The van der Waals surface area contributed by atoms with E-state index < -0.39 is 46.7 Å². The highest BCUT2D eigenvalue weighted by Gasteiger charge is 2.58. The molecule has 158 valence electrons. The van der Waals surface area contributed by atoms with Gasteiger partial charge in [0.1, 0.15) is 11.2 Å². The molecule has 2 bridgehead atoms. The van der Waals surface area contributed by atoms with Crippen LogP contribution < -0.4 is 0 Å². The van der Waals surface area contributed by atoms with Crippen LogP contribution >= 0.6 is 0 Å². The number of aliphatic hydroxyl groups is 1. The summed E-state index contributed by atoms with van der Waals surface area (Å²) in [5.74, 6) is -2.23. The summed E-state index contributed by atoms with van der Waals surface area (Å²) in [6.45, 7) is 8.77. The minimum absolute atomic E-state index is 0.180. The summed E-state index contributed by atoms with van der Waals surface area (Å²) < 4.78 is 16.3. The molecule has 2 aliphatic carbocycles. The number of carbonyl (C=O) groups is 3. The Kier molecular flexibility index (Phi) is 5.28. The van der Waals surface area contributed by atoms with Crippen molar-refractivity contribution in [1.29, 1.82) is 0 Å². The predicted molar refractivity (Wildman–Crippen MR) is 99.0 cm³/mol. The van der Waals surface area contributed by atoms with Gasteiger partial charge in [0.2, 0.25) is 6.10 Å². The lowest BCUT2D eigenvalue weighted by Crippen LogP contribution is -2.40. The molecule has 1 saturated heterocycles. The lowest BCUT2D eigenvalue weighted by Gasteiger charge is -2.34. The maximum Gasteiger partial charge on any atom is 0.348 e. The maximum atomic E-state index is 12.6. The summed E-state index contributed by atoms with van der Waals surface area (Å²) in [7, 11) is 0. The van der Waals surface area contributed by atoms with Crippen molar-refractivity contribution in [2.45, 2.75) is 96.1 Å². The van der Waals surface area contributed by atoms with Crippen LogP contribution in [0.25, 0.3) is 0 Å². The van der Waals surface area contributed by atoms with Crippen molar-refractivity contribution in [3.05, 3.63) is 0 Å². The second kappa shape index (κ2) is 7.01. The largest absolute Gasteiger partial charge is 0.459 e. The van der Waals surface area contributed by atoms with Crippen molar-refractivity contribution in [2.75, 3.05) is 0 Å². The van der Waals surface area contributed by atoms with Crippen LogP contribution in [-0.2, 0) is 28.6 Å². The zero-order valence-corrected chi connectivity index (χ0v) is 17.4. The van der Waals surface area contributed by atoms with Gasteiger partial charge in [-0.05, 0) is 52.4 Å². The van der Waals surface area contributed by atoms with Gasteiger partial charge in [0, 0.05) is 12.8 Å². The molecule has 7 heteroatoms. The second-order valence-corrected chi connectivity index (χ2v) is 9.93. The Bertz CT molecular complexity index is 668. The normalized spacial score (nSPS) is 38.0. The number of hydrogen-bond donors (Lipinski definition) is 1. The minimum atomic E-state index is -0.887. The second-order valence-electron chi connectivity index (χ2n) is 9.93. The molecule has 0 aromatic rings. The van der Waals surface area contributed by atoms with Gasteiger partial charge in [-0.2, -0.15) is 0 Å². The number of fused-ring (bicyclic) bond motifs is 2. The SMILES string of the molecule is CC(CC(C)C(=O)OC12CCC(C1)C(C)(O)C2)C(=O)OC1CC(C)(C)OC1=O. The summed E-state index contributed by atoms with van der Waals surface area (Å²) in [5, 5.41) is 10.4. The summed E-state index contributed by atoms with van der Waals surface area (Å²) in [6, 6.07) is 0. The Morgan fingerprint density at radius 2 is 1.82 bits per heavy atom. The van der Waals surface area contributed by atoms with Gasteiger partial charge in [-0.1, -0.05) is 13.8 Å². The lowest BCUT2D eigenvalue weighted by atomic mass is 9.84. The zero-order valence-electron chi connectivity index (χ0n) is 17.4. The molecule has 28 heavy (non-hydrogen) atoms. The Balaban J connectivity index is 1.50. The smallest absolute Gasteiger partial charge is 0.348 e. The lowest BCUT2D eigenvalue weighted by molar-refractivity contribution is -0.169. The van der Waals surface area contributed by atoms with Gasteiger partial charge in [0.25, 0.3) is 0 Å². The van der Waals surface area contributed by atoms with Gasteiger partial charge in [0.15, 0.2) is 0 Å². The van der Waals surface area contributed by atoms with Crippen molar-refractivity contribution in [1.82, 2.24) is 0 Å². The highest BCUT2D eigenvalue weighted by Crippen LogP contribution is 2.55. The van der Waals surface area contributed by atoms with Gasteiger partial charge < -0.3 is 19.3 Å². The van der Waals surface area contributed by atoms with Gasteiger partial charge >= 0.3 is 17.9 Å². The molecule has 3 fully saturated rings. The first-order valence-electron chi connectivity index (χ1n) is 10.2. The van der Waals surface area contributed by atoms with E-state index in [2.05, 4.69) is 0 Å². The molecule has 0 aromatic carbocycles. The van der Waals surface area contributed by atoms with E-state index in [0.29, 0.717) is 19.3 Å². The molecule has 3 rings (SSSR count). The fourth-order valence-electron chi connectivity index (χ4n) is 5.00. The first kappa shape index (κ1) is 21.1. The Morgan fingerprint density at radius 1 is 1.18 bits per heavy atom. The first-order chi connectivity index (χ1) is 12.8. The third kappa shape index (κ3) is 4.19. The van der Waals surface area contributed by atoms with E-state index in [9.17, 15) is 19.5 Å². The Morgan fingerprint density at radius 3 is 2.32 bits per heavy atom. The van der Waals surface area contributed by atoms with Crippen LogP contribution in [0, 0.1) is 17.8 Å². The molecule has 0 spiro atoms. The Hall–Kier alpha value is -1.63. The molecule has 1 aliphatic heterocycles. The van der Waals surface area contributed by atoms with E-state index in [1.165, 1.54) is 0 Å². The summed E-state index contributed by atoms with van der Waals surface area (Å²) >= 11 is 0. The minimum Gasteiger partial charge on any atom is -0.459 e. The zero-order chi connectivity index (χ0) is 20.9. The first-order valence-corrected chi connectivity index (χ1v) is 10.2. The topological polar surface area (TPSA) is 99.1 Å². The molecule has 0 aromatic heterocycles. The van der Waals surface area contributed by atoms with Crippen molar-refractivity contribution in [2.24, 2.45) is 17.8 Å². The van der Waals surface area contributed by atoms with Crippen LogP contribution in [0.15, 0.2) is 0 Å². The van der Waals surface area contributed by atoms with Crippen molar-refractivity contribution < 1.29 is 33.7 Å². The van der Waals surface area contributed by atoms with E-state index in [-0.39, 0.29) is 18.3 Å². The third-order valence-corrected chi connectivity index (χ3v) is 6.53. The highest BCUT2D eigenvalue weighted by molar-refractivity contribution is 5.82. The van der Waals surface area contributed by atoms with Gasteiger partial charge in [0.05, 0.1) is 17.4 Å².